The fourth-order valence-electron chi connectivity index (χ4n) is 4.77. The number of rotatable bonds is 9. The average Bonchev–Trinajstić information content (AvgIpc) is 3.25. The molecule has 0 amide bonds. The summed E-state index contributed by atoms with van der Waals surface area (Å²) in [5.41, 5.74) is -0.116. The van der Waals surface area contributed by atoms with Gasteiger partial charge < -0.3 is 32.9 Å². The van der Waals surface area contributed by atoms with Gasteiger partial charge in [-0.3, -0.25) is 0 Å². The molecule has 0 N–H and O–H groups in total. The molecule has 0 radical (unpaired) electrons. The lowest BCUT2D eigenvalue weighted by molar-refractivity contribution is -0.265. The van der Waals surface area contributed by atoms with Crippen molar-refractivity contribution in [2.45, 2.75) is 58.2 Å². The summed E-state index contributed by atoms with van der Waals surface area (Å²) < 4.78 is 35.0. The Bertz CT molecular complexity index is 1310. The number of nitrogens with zero attached hydrogens (tertiary/aromatic N) is 1. The number of carbonyl (C=O) groups is 1. The standard InChI is InChI=1S/C27H31NO9/c1-8-12-27(6)15(4)21-23(36-26(30)35-21)25(37-27)33-18-11-10-17-20(14(18)3)34-24(29)19(16(5)28-31-7)22(17)32-13-9-2/h8-11,15,21,23,25H,1-2,12-13H2,3-7H3/b28-16+/t15?,21?,23?,25?,27-/m0/s1. The van der Waals surface area contributed by atoms with E-state index in [0.29, 0.717) is 34.6 Å². The summed E-state index contributed by atoms with van der Waals surface area (Å²) in [5.74, 6) is 0.499. The van der Waals surface area contributed by atoms with Gasteiger partial charge in [-0.15, -0.1) is 6.58 Å². The lowest BCUT2D eigenvalue weighted by Crippen LogP contribution is -2.59. The van der Waals surface area contributed by atoms with Crippen LogP contribution in [0.3, 0.4) is 0 Å². The number of carbonyl (C=O) groups excluding carboxylic acids is 1. The van der Waals surface area contributed by atoms with Gasteiger partial charge in [0.1, 0.15) is 36.4 Å². The zero-order chi connectivity index (χ0) is 26.9. The van der Waals surface area contributed by atoms with E-state index in [2.05, 4.69) is 18.3 Å². The highest BCUT2D eigenvalue weighted by Crippen LogP contribution is 2.44. The molecule has 10 heteroatoms. The molecule has 0 aliphatic carbocycles. The lowest BCUT2D eigenvalue weighted by atomic mass is 9.79. The molecule has 4 unspecified atom stereocenters. The third-order valence-electron chi connectivity index (χ3n) is 6.85. The predicted octanol–water partition coefficient (Wildman–Crippen LogP) is 4.65. The van der Waals surface area contributed by atoms with Crippen molar-refractivity contribution >= 4 is 22.8 Å². The summed E-state index contributed by atoms with van der Waals surface area (Å²) in [6.45, 7) is 14.9. The maximum atomic E-state index is 13.0. The molecule has 0 saturated carbocycles. The van der Waals surface area contributed by atoms with Crippen molar-refractivity contribution in [1.82, 2.24) is 0 Å². The molecule has 198 valence electrons. The van der Waals surface area contributed by atoms with Crippen LogP contribution in [0.25, 0.3) is 11.0 Å². The number of aryl methyl sites for hydroxylation is 1. The zero-order valence-corrected chi connectivity index (χ0v) is 21.6. The number of hydrogen-bond donors (Lipinski definition) is 0. The van der Waals surface area contributed by atoms with Crippen molar-refractivity contribution in [3.05, 3.63) is 59.0 Å². The molecule has 3 heterocycles. The van der Waals surface area contributed by atoms with Crippen LogP contribution in [0.2, 0.25) is 0 Å². The number of hydrogen-bond acceptors (Lipinski definition) is 10. The Hall–Kier alpha value is -3.79. The maximum Gasteiger partial charge on any atom is 0.509 e. The Morgan fingerprint density at radius 2 is 1.92 bits per heavy atom. The van der Waals surface area contributed by atoms with Crippen LogP contribution in [0.15, 0.2) is 51.8 Å². The Labute approximate surface area is 214 Å². The number of benzene rings is 1. The van der Waals surface area contributed by atoms with Gasteiger partial charge in [-0.25, -0.2) is 9.59 Å². The minimum absolute atomic E-state index is 0.145. The number of oxime groups is 1. The Kier molecular flexibility index (Phi) is 7.31. The van der Waals surface area contributed by atoms with E-state index in [1.54, 1.807) is 38.1 Å². The minimum Gasteiger partial charge on any atom is -0.488 e. The monoisotopic (exact) mass is 513 g/mol. The van der Waals surface area contributed by atoms with Crippen molar-refractivity contribution in [3.8, 4) is 11.5 Å². The second-order valence-electron chi connectivity index (χ2n) is 9.23. The number of ether oxygens (including phenoxy) is 5. The first-order chi connectivity index (χ1) is 17.6. The minimum atomic E-state index is -0.965. The predicted molar refractivity (Wildman–Crippen MR) is 135 cm³/mol. The van der Waals surface area contributed by atoms with E-state index < -0.39 is 35.9 Å². The van der Waals surface area contributed by atoms with Gasteiger partial charge in [0.05, 0.1) is 16.7 Å². The van der Waals surface area contributed by atoms with E-state index in [1.165, 1.54) is 7.11 Å². The summed E-state index contributed by atoms with van der Waals surface area (Å²) >= 11 is 0. The van der Waals surface area contributed by atoms with Crippen LogP contribution in [0.4, 0.5) is 4.79 Å². The molecule has 2 aliphatic heterocycles. The van der Waals surface area contributed by atoms with Crippen molar-refractivity contribution in [2.24, 2.45) is 11.1 Å². The summed E-state index contributed by atoms with van der Waals surface area (Å²) in [6.07, 6.45) is 0.762. The van der Waals surface area contributed by atoms with Gasteiger partial charge in [0.2, 0.25) is 12.4 Å². The molecular formula is C27H31NO9. The second-order valence-corrected chi connectivity index (χ2v) is 9.23. The summed E-state index contributed by atoms with van der Waals surface area (Å²) in [5, 5.41) is 4.41. The topological polar surface area (TPSA) is 115 Å². The molecule has 0 bridgehead atoms. The molecule has 37 heavy (non-hydrogen) atoms. The molecule has 1 aromatic carbocycles. The van der Waals surface area contributed by atoms with Crippen molar-refractivity contribution in [3.63, 3.8) is 0 Å². The summed E-state index contributed by atoms with van der Waals surface area (Å²) in [6, 6.07) is 3.43. The summed E-state index contributed by atoms with van der Waals surface area (Å²) in [7, 11) is 1.38. The Morgan fingerprint density at radius 3 is 2.59 bits per heavy atom. The van der Waals surface area contributed by atoms with E-state index in [0.717, 1.165) is 0 Å². The van der Waals surface area contributed by atoms with Gasteiger partial charge >= 0.3 is 11.8 Å². The Balaban J connectivity index is 1.78. The molecule has 2 aliphatic rings. The highest BCUT2D eigenvalue weighted by Gasteiger charge is 2.57. The largest absolute Gasteiger partial charge is 0.509 e. The first-order valence-corrected chi connectivity index (χ1v) is 11.9. The molecule has 5 atom stereocenters. The van der Waals surface area contributed by atoms with Gasteiger partial charge in [-0.05, 0) is 39.3 Å². The molecule has 2 saturated heterocycles. The highest BCUT2D eigenvalue weighted by molar-refractivity contribution is 6.05. The van der Waals surface area contributed by atoms with E-state index in [1.807, 2.05) is 13.8 Å². The molecule has 2 aromatic rings. The van der Waals surface area contributed by atoms with Crippen LogP contribution in [0.1, 0.15) is 38.3 Å². The van der Waals surface area contributed by atoms with Crippen LogP contribution >= 0.6 is 0 Å². The fraction of sp³-hybridized carbons (Fsp3) is 0.444. The van der Waals surface area contributed by atoms with E-state index in [4.69, 9.17) is 32.9 Å². The SMILES string of the molecule is C=CCOc1c(/C(C)=N/OC)c(=O)oc2c(C)c(OC3O[C@@](C)(CC=C)C(C)C4OC(=O)OC34)ccc12. The fourth-order valence-corrected chi connectivity index (χ4v) is 4.77. The van der Waals surface area contributed by atoms with Crippen LogP contribution in [-0.2, 0) is 19.0 Å². The molecular weight excluding hydrogens is 482 g/mol. The summed E-state index contributed by atoms with van der Waals surface area (Å²) in [4.78, 5) is 29.8. The molecule has 2 fully saturated rings. The van der Waals surface area contributed by atoms with Gasteiger partial charge in [-0.2, -0.15) is 0 Å². The maximum absolute atomic E-state index is 13.0. The van der Waals surface area contributed by atoms with Gasteiger partial charge in [0, 0.05) is 11.5 Å². The normalized spacial score (nSPS) is 27.2. The lowest BCUT2D eigenvalue weighted by Gasteiger charge is -2.46. The van der Waals surface area contributed by atoms with E-state index in [9.17, 15) is 9.59 Å². The van der Waals surface area contributed by atoms with Crippen molar-refractivity contribution in [2.75, 3.05) is 13.7 Å². The molecule has 1 aromatic heterocycles. The first kappa shape index (κ1) is 26.3. The third kappa shape index (κ3) is 4.69. The smallest absolute Gasteiger partial charge is 0.488 e. The van der Waals surface area contributed by atoms with Crippen LogP contribution < -0.4 is 15.1 Å². The zero-order valence-electron chi connectivity index (χ0n) is 21.6. The van der Waals surface area contributed by atoms with Crippen LogP contribution in [0.5, 0.6) is 11.5 Å². The third-order valence-corrected chi connectivity index (χ3v) is 6.85. The molecule has 0 spiro atoms. The van der Waals surface area contributed by atoms with Gasteiger partial charge in [-0.1, -0.05) is 30.8 Å². The van der Waals surface area contributed by atoms with Crippen molar-refractivity contribution in [1.29, 1.82) is 0 Å². The quantitative estimate of drug-likeness (QED) is 0.155. The van der Waals surface area contributed by atoms with E-state index in [-0.39, 0.29) is 23.7 Å². The molecule has 4 rings (SSSR count). The highest BCUT2D eigenvalue weighted by atomic mass is 16.8. The van der Waals surface area contributed by atoms with Crippen LogP contribution in [-0.4, -0.2) is 49.7 Å². The van der Waals surface area contributed by atoms with Gasteiger partial charge in [0.25, 0.3) is 0 Å². The van der Waals surface area contributed by atoms with Crippen molar-refractivity contribution < 1.29 is 37.7 Å². The molecule has 10 nitrogen and oxygen atoms in total. The number of fused-ring (bicyclic) bond motifs is 2. The first-order valence-electron chi connectivity index (χ1n) is 11.9. The van der Waals surface area contributed by atoms with E-state index >= 15 is 0 Å². The Morgan fingerprint density at radius 1 is 1.19 bits per heavy atom. The average molecular weight is 514 g/mol. The van der Waals surface area contributed by atoms with Crippen LogP contribution in [0, 0.1) is 12.8 Å². The van der Waals surface area contributed by atoms with Gasteiger partial charge in [0.15, 0.2) is 6.10 Å². The second kappa shape index (κ2) is 10.3.